The van der Waals surface area contributed by atoms with E-state index in [0.29, 0.717) is 12.8 Å². The van der Waals surface area contributed by atoms with Crippen LogP contribution in [0.15, 0.2) is 24.3 Å². The summed E-state index contributed by atoms with van der Waals surface area (Å²) < 4.78 is 12.6. The minimum absolute atomic E-state index is 0.106. The van der Waals surface area contributed by atoms with E-state index in [0.717, 1.165) is 5.56 Å². The molecule has 3 nitrogen and oxygen atoms in total. The van der Waals surface area contributed by atoms with Gasteiger partial charge in [0.15, 0.2) is 0 Å². The minimum Gasteiger partial charge on any atom is -0.392 e. The average molecular weight is 225 g/mol. The van der Waals surface area contributed by atoms with E-state index in [9.17, 15) is 9.18 Å². The third-order valence-electron chi connectivity index (χ3n) is 2.15. The molecule has 16 heavy (non-hydrogen) atoms. The van der Waals surface area contributed by atoms with Crippen molar-refractivity contribution >= 4 is 5.91 Å². The smallest absolute Gasteiger partial charge is 0.220 e. The van der Waals surface area contributed by atoms with E-state index in [2.05, 4.69) is 5.32 Å². The van der Waals surface area contributed by atoms with Gasteiger partial charge in [0.05, 0.1) is 6.10 Å². The number of carbonyl (C=O) groups excluding carboxylic acids is 1. The van der Waals surface area contributed by atoms with Crippen molar-refractivity contribution in [2.24, 2.45) is 0 Å². The first-order chi connectivity index (χ1) is 7.58. The van der Waals surface area contributed by atoms with Crippen LogP contribution < -0.4 is 5.32 Å². The van der Waals surface area contributed by atoms with Crippen LogP contribution in [0.1, 0.15) is 18.9 Å². The Hall–Kier alpha value is -1.42. The molecule has 88 valence electrons. The number of hydrogen-bond acceptors (Lipinski definition) is 2. The molecular formula is C12H16FNO2. The van der Waals surface area contributed by atoms with Crippen LogP contribution in [0.4, 0.5) is 4.39 Å². The summed E-state index contributed by atoms with van der Waals surface area (Å²) in [5.74, 6) is -0.382. The van der Waals surface area contributed by atoms with E-state index < -0.39 is 6.10 Å². The lowest BCUT2D eigenvalue weighted by atomic mass is 10.1. The number of aliphatic hydroxyl groups excluding tert-OH is 1. The summed E-state index contributed by atoms with van der Waals surface area (Å²) in [5.41, 5.74) is 0.925. The van der Waals surface area contributed by atoms with Crippen LogP contribution in [0.5, 0.6) is 0 Å². The molecule has 0 spiro atoms. The molecule has 0 radical (unpaired) electrons. The van der Waals surface area contributed by atoms with Crippen molar-refractivity contribution in [3.8, 4) is 0 Å². The first kappa shape index (κ1) is 12.6. The molecule has 0 aliphatic rings. The van der Waals surface area contributed by atoms with E-state index in [1.165, 1.54) is 12.1 Å². The fraction of sp³-hybridized carbons (Fsp3) is 0.417. The van der Waals surface area contributed by atoms with Crippen LogP contribution in [0, 0.1) is 5.82 Å². The molecule has 0 aliphatic heterocycles. The third-order valence-corrected chi connectivity index (χ3v) is 2.15. The van der Waals surface area contributed by atoms with Gasteiger partial charge >= 0.3 is 0 Å². The van der Waals surface area contributed by atoms with Gasteiger partial charge in [0.1, 0.15) is 5.82 Å². The highest BCUT2D eigenvalue weighted by Gasteiger charge is 2.03. The van der Waals surface area contributed by atoms with E-state index in [1.807, 2.05) is 0 Å². The number of nitrogens with one attached hydrogen (secondary N) is 1. The summed E-state index contributed by atoms with van der Waals surface area (Å²) in [7, 11) is 0. The zero-order valence-corrected chi connectivity index (χ0v) is 9.24. The van der Waals surface area contributed by atoms with Crippen LogP contribution in [0.3, 0.4) is 0 Å². The van der Waals surface area contributed by atoms with Gasteiger partial charge in [0.25, 0.3) is 0 Å². The normalized spacial score (nSPS) is 12.2. The highest BCUT2D eigenvalue weighted by atomic mass is 19.1. The second-order valence-electron chi connectivity index (χ2n) is 3.78. The fourth-order valence-electron chi connectivity index (χ4n) is 1.26. The number of hydrogen-bond donors (Lipinski definition) is 2. The summed E-state index contributed by atoms with van der Waals surface area (Å²) in [6, 6.07) is 6.08. The Balaban J connectivity index is 2.29. The van der Waals surface area contributed by atoms with Gasteiger partial charge in [-0.2, -0.15) is 0 Å². The van der Waals surface area contributed by atoms with Gasteiger partial charge in [-0.15, -0.1) is 0 Å². The summed E-state index contributed by atoms with van der Waals surface area (Å²) in [6.45, 7) is 1.88. The molecule has 0 heterocycles. The lowest BCUT2D eigenvalue weighted by molar-refractivity contribution is -0.121. The van der Waals surface area contributed by atoms with Crippen molar-refractivity contribution in [3.05, 3.63) is 35.6 Å². The Morgan fingerprint density at radius 2 is 2.06 bits per heavy atom. The largest absolute Gasteiger partial charge is 0.392 e. The van der Waals surface area contributed by atoms with Gasteiger partial charge in [0, 0.05) is 13.0 Å². The molecule has 1 atom stereocenters. The monoisotopic (exact) mass is 225 g/mol. The van der Waals surface area contributed by atoms with Gasteiger partial charge in [-0.3, -0.25) is 4.79 Å². The molecule has 1 aromatic rings. The number of halogens is 1. The number of amides is 1. The second kappa shape index (κ2) is 6.23. The summed E-state index contributed by atoms with van der Waals surface area (Å²) in [6.07, 6.45) is 0.388. The highest BCUT2D eigenvalue weighted by Crippen LogP contribution is 2.05. The van der Waals surface area contributed by atoms with Crippen LogP contribution in [0.25, 0.3) is 0 Å². The Morgan fingerprint density at radius 3 is 2.62 bits per heavy atom. The molecule has 0 saturated heterocycles. The van der Waals surface area contributed by atoms with Gasteiger partial charge in [-0.25, -0.2) is 4.39 Å². The van der Waals surface area contributed by atoms with Crippen LogP contribution in [0.2, 0.25) is 0 Å². The zero-order chi connectivity index (χ0) is 12.0. The van der Waals surface area contributed by atoms with Crippen molar-refractivity contribution in [3.63, 3.8) is 0 Å². The van der Waals surface area contributed by atoms with Gasteiger partial charge < -0.3 is 10.4 Å². The van der Waals surface area contributed by atoms with Crippen molar-refractivity contribution in [2.45, 2.75) is 25.9 Å². The molecule has 0 unspecified atom stereocenters. The maximum Gasteiger partial charge on any atom is 0.220 e. The molecule has 4 heteroatoms. The SMILES string of the molecule is C[C@@H](O)CNC(=O)CCc1ccc(F)cc1. The van der Waals surface area contributed by atoms with Crippen molar-refractivity contribution in [1.29, 1.82) is 0 Å². The Labute approximate surface area is 94.3 Å². The molecule has 0 bridgehead atoms. The maximum absolute atomic E-state index is 12.6. The molecule has 0 aromatic heterocycles. The summed E-state index contributed by atoms with van der Waals surface area (Å²) in [5, 5.41) is 11.6. The molecule has 0 aliphatic carbocycles. The summed E-state index contributed by atoms with van der Waals surface area (Å²) in [4.78, 5) is 11.3. The van der Waals surface area contributed by atoms with Gasteiger partial charge in [-0.05, 0) is 31.0 Å². The first-order valence-corrected chi connectivity index (χ1v) is 5.27. The predicted octanol–water partition coefficient (Wildman–Crippen LogP) is 1.26. The quantitative estimate of drug-likeness (QED) is 0.792. The number of aliphatic hydroxyl groups is 1. The number of benzene rings is 1. The number of rotatable bonds is 5. The Kier molecular flexibility index (Phi) is 4.92. The molecule has 1 amide bonds. The number of aryl methyl sites for hydroxylation is 1. The van der Waals surface area contributed by atoms with Gasteiger partial charge in [-0.1, -0.05) is 12.1 Å². The Morgan fingerprint density at radius 1 is 1.44 bits per heavy atom. The molecule has 1 aromatic carbocycles. The molecule has 0 fully saturated rings. The van der Waals surface area contributed by atoms with Crippen LogP contribution in [-0.2, 0) is 11.2 Å². The van der Waals surface area contributed by atoms with Crippen molar-refractivity contribution < 1.29 is 14.3 Å². The van der Waals surface area contributed by atoms with E-state index in [1.54, 1.807) is 19.1 Å². The van der Waals surface area contributed by atoms with E-state index >= 15 is 0 Å². The van der Waals surface area contributed by atoms with Crippen LogP contribution in [-0.4, -0.2) is 23.7 Å². The van der Waals surface area contributed by atoms with E-state index in [-0.39, 0.29) is 18.3 Å². The standard InChI is InChI=1S/C12H16FNO2/c1-9(15)8-14-12(16)7-4-10-2-5-11(13)6-3-10/h2-3,5-6,9,15H,4,7-8H2,1H3,(H,14,16)/t9-/m1/s1. The second-order valence-corrected chi connectivity index (χ2v) is 3.78. The van der Waals surface area contributed by atoms with Crippen molar-refractivity contribution in [2.75, 3.05) is 6.54 Å². The molecule has 2 N–H and O–H groups in total. The first-order valence-electron chi connectivity index (χ1n) is 5.27. The lowest BCUT2D eigenvalue weighted by Crippen LogP contribution is -2.30. The molecule has 1 rings (SSSR count). The van der Waals surface area contributed by atoms with E-state index in [4.69, 9.17) is 5.11 Å². The average Bonchev–Trinajstić information content (AvgIpc) is 2.25. The number of carbonyl (C=O) groups is 1. The molecule has 0 saturated carbocycles. The molecular weight excluding hydrogens is 209 g/mol. The zero-order valence-electron chi connectivity index (χ0n) is 9.24. The third kappa shape index (κ3) is 4.89. The fourth-order valence-corrected chi connectivity index (χ4v) is 1.26. The lowest BCUT2D eigenvalue weighted by Gasteiger charge is -2.06. The predicted molar refractivity (Wildman–Crippen MR) is 59.4 cm³/mol. The Bertz CT molecular complexity index is 335. The van der Waals surface area contributed by atoms with Gasteiger partial charge in [0.2, 0.25) is 5.91 Å². The van der Waals surface area contributed by atoms with Crippen LogP contribution >= 0.6 is 0 Å². The maximum atomic E-state index is 12.6. The summed E-state index contributed by atoms with van der Waals surface area (Å²) >= 11 is 0. The topological polar surface area (TPSA) is 49.3 Å². The minimum atomic E-state index is -0.533. The van der Waals surface area contributed by atoms with Crippen molar-refractivity contribution in [1.82, 2.24) is 5.32 Å². The highest BCUT2D eigenvalue weighted by molar-refractivity contribution is 5.76.